The van der Waals surface area contributed by atoms with Crippen molar-refractivity contribution in [2.45, 2.75) is 26.7 Å². The van der Waals surface area contributed by atoms with E-state index in [-0.39, 0.29) is 12.5 Å². The third kappa shape index (κ3) is 3.10. The van der Waals surface area contributed by atoms with Crippen molar-refractivity contribution in [1.29, 1.82) is 0 Å². The molecule has 0 N–H and O–H groups in total. The Kier molecular flexibility index (Phi) is 4.61. The van der Waals surface area contributed by atoms with Crippen molar-refractivity contribution in [2.75, 3.05) is 25.2 Å². The van der Waals surface area contributed by atoms with E-state index in [0.717, 1.165) is 35.6 Å². The number of benzene rings is 1. The lowest BCUT2D eigenvalue weighted by molar-refractivity contribution is -0.120. The molecule has 0 spiro atoms. The molecule has 0 atom stereocenters. The number of ether oxygens (including phenoxy) is 1. The summed E-state index contributed by atoms with van der Waals surface area (Å²) in [7, 11) is 1.75. The zero-order valence-electron chi connectivity index (χ0n) is 12.2. The lowest BCUT2D eigenvalue weighted by atomic mass is 10.1. The molecule has 1 aromatic rings. The summed E-state index contributed by atoms with van der Waals surface area (Å²) in [5, 5.41) is 4.10. The minimum absolute atomic E-state index is 0.0524. The molecule has 0 saturated carbocycles. The second-order valence-corrected chi connectivity index (χ2v) is 4.79. The molecule has 108 valence electrons. The highest BCUT2D eigenvalue weighted by Crippen LogP contribution is 2.32. The van der Waals surface area contributed by atoms with Crippen LogP contribution in [-0.4, -0.2) is 31.9 Å². The number of fused-ring (bicyclic) bond motifs is 1. The molecule has 0 aromatic heterocycles. The van der Waals surface area contributed by atoms with E-state index in [1.165, 1.54) is 0 Å². The van der Waals surface area contributed by atoms with Gasteiger partial charge in [0, 0.05) is 12.6 Å². The Bertz CT molecular complexity index is 526. The van der Waals surface area contributed by atoms with Crippen LogP contribution in [0.25, 0.3) is 0 Å². The summed E-state index contributed by atoms with van der Waals surface area (Å²) in [6.07, 6.45) is 2.07. The summed E-state index contributed by atoms with van der Waals surface area (Å²) < 4.78 is 5.39. The van der Waals surface area contributed by atoms with Crippen LogP contribution in [0.15, 0.2) is 23.4 Å². The average Bonchev–Trinajstić information content (AvgIpc) is 2.47. The maximum Gasteiger partial charge on any atom is 0.264 e. The Morgan fingerprint density at radius 2 is 2.30 bits per heavy atom. The molecule has 0 unspecified atom stereocenters. The quantitative estimate of drug-likeness (QED) is 0.472. The largest absolute Gasteiger partial charge is 0.482 e. The monoisotopic (exact) mass is 276 g/mol. The number of anilines is 1. The van der Waals surface area contributed by atoms with E-state index < -0.39 is 0 Å². The fourth-order valence-electron chi connectivity index (χ4n) is 1.90. The number of oxime groups is 1. The normalized spacial score (nSPS) is 14.8. The predicted molar refractivity (Wildman–Crippen MR) is 78.4 cm³/mol. The van der Waals surface area contributed by atoms with Crippen LogP contribution in [0.1, 0.15) is 32.3 Å². The van der Waals surface area contributed by atoms with Gasteiger partial charge in [-0.25, -0.2) is 0 Å². The Morgan fingerprint density at radius 1 is 1.50 bits per heavy atom. The number of unbranched alkanes of at least 4 members (excludes halogenated alkanes) is 1. The highest BCUT2D eigenvalue weighted by Gasteiger charge is 2.22. The second-order valence-electron chi connectivity index (χ2n) is 4.79. The summed E-state index contributed by atoms with van der Waals surface area (Å²) in [4.78, 5) is 18.5. The molecule has 1 amide bonds. The standard InChI is InChI=1S/C15H20N2O3/c1-4-5-8-20-16-11(2)12-6-7-14-13(9-12)17(3)15(18)10-19-14/h6-7,9H,4-5,8,10H2,1-3H3/b16-11+. The van der Waals surface area contributed by atoms with Gasteiger partial charge in [-0.15, -0.1) is 0 Å². The van der Waals surface area contributed by atoms with Gasteiger partial charge in [0.2, 0.25) is 0 Å². The second kappa shape index (κ2) is 6.41. The highest BCUT2D eigenvalue weighted by atomic mass is 16.6. The molecule has 0 fully saturated rings. The predicted octanol–water partition coefficient (Wildman–Crippen LogP) is 2.58. The first kappa shape index (κ1) is 14.4. The third-order valence-electron chi connectivity index (χ3n) is 3.25. The molecule has 1 aliphatic rings. The number of hydrogen-bond donors (Lipinski definition) is 0. The Hall–Kier alpha value is -2.04. The summed E-state index contributed by atoms with van der Waals surface area (Å²) in [5.74, 6) is 0.666. The summed E-state index contributed by atoms with van der Waals surface area (Å²) >= 11 is 0. The molecule has 20 heavy (non-hydrogen) atoms. The number of carbonyl (C=O) groups is 1. The van der Waals surface area contributed by atoms with E-state index in [1.807, 2.05) is 25.1 Å². The molecule has 0 bridgehead atoms. The number of likely N-dealkylation sites (N-methyl/N-ethyl adjacent to an activating group) is 1. The van der Waals surface area contributed by atoms with Crippen molar-refractivity contribution >= 4 is 17.3 Å². The van der Waals surface area contributed by atoms with E-state index >= 15 is 0 Å². The fraction of sp³-hybridized carbons (Fsp3) is 0.467. The number of rotatable bonds is 5. The molecule has 1 aromatic carbocycles. The van der Waals surface area contributed by atoms with Crippen molar-refractivity contribution in [2.24, 2.45) is 5.16 Å². The van der Waals surface area contributed by atoms with Crippen molar-refractivity contribution < 1.29 is 14.4 Å². The van der Waals surface area contributed by atoms with Gasteiger partial charge in [0.25, 0.3) is 5.91 Å². The van der Waals surface area contributed by atoms with Gasteiger partial charge in [0.1, 0.15) is 12.4 Å². The van der Waals surface area contributed by atoms with Crippen LogP contribution >= 0.6 is 0 Å². The molecule has 0 saturated heterocycles. The molecular weight excluding hydrogens is 256 g/mol. The number of nitrogens with zero attached hydrogens (tertiary/aromatic N) is 2. The van der Waals surface area contributed by atoms with Crippen LogP contribution < -0.4 is 9.64 Å². The van der Waals surface area contributed by atoms with Gasteiger partial charge in [-0.2, -0.15) is 0 Å². The van der Waals surface area contributed by atoms with Crippen LogP contribution in [0.5, 0.6) is 5.75 Å². The fourth-order valence-corrected chi connectivity index (χ4v) is 1.90. The Balaban J connectivity index is 2.16. The van der Waals surface area contributed by atoms with Gasteiger partial charge < -0.3 is 14.5 Å². The summed E-state index contributed by atoms with van der Waals surface area (Å²) in [6.45, 7) is 4.71. The van der Waals surface area contributed by atoms with Crippen molar-refractivity contribution in [3.05, 3.63) is 23.8 Å². The number of carbonyl (C=O) groups excluding carboxylic acids is 1. The van der Waals surface area contributed by atoms with Crippen LogP contribution in [0, 0.1) is 0 Å². The SMILES string of the molecule is CCCCO/N=C(\C)c1ccc2c(c1)N(C)C(=O)CO2. The van der Waals surface area contributed by atoms with Gasteiger partial charge in [-0.05, 0) is 31.5 Å². The lowest BCUT2D eigenvalue weighted by Crippen LogP contribution is -2.35. The first-order valence-corrected chi connectivity index (χ1v) is 6.83. The maximum absolute atomic E-state index is 11.6. The van der Waals surface area contributed by atoms with Crippen molar-refractivity contribution in [3.8, 4) is 5.75 Å². The van der Waals surface area contributed by atoms with E-state index in [4.69, 9.17) is 9.57 Å². The van der Waals surface area contributed by atoms with Gasteiger partial charge in [-0.3, -0.25) is 4.79 Å². The summed E-state index contributed by atoms with van der Waals surface area (Å²) in [6, 6.07) is 5.68. The molecule has 1 aliphatic heterocycles. The third-order valence-corrected chi connectivity index (χ3v) is 3.25. The van der Waals surface area contributed by atoms with E-state index in [1.54, 1.807) is 11.9 Å². The number of hydrogen-bond acceptors (Lipinski definition) is 4. The first-order valence-electron chi connectivity index (χ1n) is 6.83. The van der Waals surface area contributed by atoms with Gasteiger partial charge in [0.05, 0.1) is 11.4 Å². The molecule has 2 rings (SSSR count). The van der Waals surface area contributed by atoms with E-state index in [0.29, 0.717) is 6.61 Å². The zero-order chi connectivity index (χ0) is 14.5. The Labute approximate surface area is 119 Å². The minimum Gasteiger partial charge on any atom is -0.482 e. The van der Waals surface area contributed by atoms with Gasteiger partial charge in [0.15, 0.2) is 6.61 Å². The number of amides is 1. The molecule has 5 nitrogen and oxygen atoms in total. The first-order chi connectivity index (χ1) is 9.63. The lowest BCUT2D eigenvalue weighted by Gasteiger charge is -2.26. The van der Waals surface area contributed by atoms with Crippen LogP contribution in [0.4, 0.5) is 5.69 Å². The molecule has 1 heterocycles. The van der Waals surface area contributed by atoms with Crippen LogP contribution in [-0.2, 0) is 9.63 Å². The van der Waals surface area contributed by atoms with Crippen molar-refractivity contribution in [3.63, 3.8) is 0 Å². The maximum atomic E-state index is 11.6. The highest BCUT2D eigenvalue weighted by molar-refractivity contribution is 6.02. The molecule has 0 aliphatic carbocycles. The molecular formula is C15H20N2O3. The van der Waals surface area contributed by atoms with E-state index in [2.05, 4.69) is 12.1 Å². The topological polar surface area (TPSA) is 51.1 Å². The van der Waals surface area contributed by atoms with Crippen molar-refractivity contribution in [1.82, 2.24) is 0 Å². The molecule has 0 radical (unpaired) electrons. The van der Waals surface area contributed by atoms with Gasteiger partial charge >= 0.3 is 0 Å². The Morgan fingerprint density at radius 3 is 3.05 bits per heavy atom. The van der Waals surface area contributed by atoms with E-state index in [9.17, 15) is 4.79 Å². The van der Waals surface area contributed by atoms with Gasteiger partial charge in [-0.1, -0.05) is 18.5 Å². The smallest absolute Gasteiger partial charge is 0.264 e. The average molecular weight is 276 g/mol. The van der Waals surface area contributed by atoms with Crippen LogP contribution in [0.3, 0.4) is 0 Å². The minimum atomic E-state index is -0.0524. The van der Waals surface area contributed by atoms with Crippen LogP contribution in [0.2, 0.25) is 0 Å². The summed E-state index contributed by atoms with van der Waals surface area (Å²) in [5.41, 5.74) is 2.47. The zero-order valence-corrected chi connectivity index (χ0v) is 12.2. The molecule has 5 heteroatoms.